The van der Waals surface area contributed by atoms with Crippen molar-refractivity contribution >= 4 is 23.4 Å². The van der Waals surface area contributed by atoms with Crippen LogP contribution < -0.4 is 0 Å². The lowest BCUT2D eigenvalue weighted by Gasteiger charge is -2.00. The molecule has 0 saturated heterocycles. The van der Waals surface area contributed by atoms with Crippen LogP contribution in [0.1, 0.15) is 24.2 Å². The number of hydrogen-bond acceptors (Lipinski definition) is 5. The fraction of sp³-hybridized carbons (Fsp3) is 0.364. The molecule has 4 nitrogen and oxygen atoms in total. The second-order valence-corrected chi connectivity index (χ2v) is 4.88. The molecule has 2 heterocycles. The first kappa shape index (κ1) is 12.4. The minimum atomic E-state index is 0.444. The van der Waals surface area contributed by atoms with Crippen molar-refractivity contribution < 1.29 is 4.42 Å². The maximum atomic E-state index is 5.92. The Labute approximate surface area is 109 Å². The topological polar surface area (TPSA) is 51.8 Å². The molecule has 0 aliphatic carbocycles. The molecule has 0 N–H and O–H groups in total. The van der Waals surface area contributed by atoms with Crippen LogP contribution in [-0.4, -0.2) is 15.0 Å². The van der Waals surface area contributed by atoms with Gasteiger partial charge in [-0.1, -0.05) is 18.5 Å². The average molecular weight is 270 g/mol. The Morgan fingerprint density at radius 2 is 2.06 bits per heavy atom. The van der Waals surface area contributed by atoms with Gasteiger partial charge in [-0.2, -0.15) is 0 Å². The summed E-state index contributed by atoms with van der Waals surface area (Å²) in [5.41, 5.74) is 0.892. The molecule has 0 aromatic carbocycles. The molecule has 0 atom stereocenters. The molecule has 0 fully saturated rings. The van der Waals surface area contributed by atoms with Crippen molar-refractivity contribution in [3.8, 4) is 0 Å². The molecule has 0 saturated carbocycles. The summed E-state index contributed by atoms with van der Waals surface area (Å²) < 4.78 is 5.48. The van der Waals surface area contributed by atoms with E-state index < -0.39 is 0 Å². The van der Waals surface area contributed by atoms with E-state index in [0.717, 1.165) is 28.7 Å². The maximum absolute atomic E-state index is 5.92. The predicted molar refractivity (Wildman–Crippen MR) is 66.5 cm³/mol. The number of oxazole rings is 1. The summed E-state index contributed by atoms with van der Waals surface area (Å²) in [5.74, 6) is 1.54. The fourth-order valence-electron chi connectivity index (χ4n) is 1.23. The van der Waals surface area contributed by atoms with Gasteiger partial charge in [0.15, 0.2) is 0 Å². The van der Waals surface area contributed by atoms with Crippen molar-refractivity contribution in [2.45, 2.75) is 37.4 Å². The van der Waals surface area contributed by atoms with Crippen molar-refractivity contribution in [2.24, 2.45) is 0 Å². The van der Waals surface area contributed by atoms with Crippen molar-refractivity contribution in [2.75, 3.05) is 0 Å². The van der Waals surface area contributed by atoms with Crippen LogP contribution >= 0.6 is 23.4 Å². The number of nitrogens with zero attached hydrogens (tertiary/aromatic N) is 3. The van der Waals surface area contributed by atoms with Crippen molar-refractivity contribution in [1.29, 1.82) is 0 Å². The molecule has 0 bridgehead atoms. The van der Waals surface area contributed by atoms with Gasteiger partial charge in [0.05, 0.1) is 5.69 Å². The molecule has 0 spiro atoms. The highest BCUT2D eigenvalue weighted by Crippen LogP contribution is 2.28. The largest absolute Gasteiger partial charge is 0.436 e. The molecule has 0 aliphatic heterocycles. The van der Waals surface area contributed by atoms with Crippen LogP contribution in [0.3, 0.4) is 0 Å². The van der Waals surface area contributed by atoms with E-state index in [0.29, 0.717) is 10.4 Å². The molecule has 90 valence electrons. The Morgan fingerprint density at radius 3 is 2.65 bits per heavy atom. The molecule has 0 aliphatic rings. The van der Waals surface area contributed by atoms with Crippen LogP contribution in [0.4, 0.5) is 0 Å². The summed E-state index contributed by atoms with van der Waals surface area (Å²) in [6.45, 7) is 5.78. The van der Waals surface area contributed by atoms with Crippen molar-refractivity contribution in [3.05, 3.63) is 28.5 Å². The van der Waals surface area contributed by atoms with E-state index in [-0.39, 0.29) is 0 Å². The van der Waals surface area contributed by atoms with Crippen LogP contribution in [-0.2, 0) is 6.42 Å². The highest BCUT2D eigenvalue weighted by Gasteiger charge is 2.10. The van der Waals surface area contributed by atoms with Gasteiger partial charge in [0, 0.05) is 12.5 Å². The van der Waals surface area contributed by atoms with Gasteiger partial charge in [-0.15, -0.1) is 0 Å². The summed E-state index contributed by atoms with van der Waals surface area (Å²) in [4.78, 5) is 12.7. The Morgan fingerprint density at radius 1 is 1.29 bits per heavy atom. The van der Waals surface area contributed by atoms with E-state index in [1.54, 1.807) is 6.07 Å². The lowest BCUT2D eigenvalue weighted by Crippen LogP contribution is -1.94. The molecule has 6 heteroatoms. The third kappa shape index (κ3) is 2.98. The van der Waals surface area contributed by atoms with E-state index in [1.807, 2.05) is 20.8 Å². The average Bonchev–Trinajstić information content (AvgIpc) is 2.57. The number of aryl methyl sites for hydroxylation is 3. The van der Waals surface area contributed by atoms with Gasteiger partial charge in [-0.25, -0.2) is 15.0 Å². The van der Waals surface area contributed by atoms with Gasteiger partial charge < -0.3 is 4.42 Å². The van der Waals surface area contributed by atoms with Crippen molar-refractivity contribution in [1.82, 2.24) is 15.0 Å². The van der Waals surface area contributed by atoms with Gasteiger partial charge in [0.1, 0.15) is 21.8 Å². The fourth-order valence-corrected chi connectivity index (χ4v) is 2.34. The number of aromatic nitrogens is 3. The predicted octanol–water partition coefficient (Wildman–Crippen LogP) is 3.45. The molecular weight excluding hydrogens is 258 g/mol. The maximum Gasteiger partial charge on any atom is 0.262 e. The molecule has 2 aromatic heterocycles. The summed E-state index contributed by atoms with van der Waals surface area (Å²) in [5, 5.41) is 1.78. The van der Waals surface area contributed by atoms with E-state index in [4.69, 9.17) is 16.0 Å². The van der Waals surface area contributed by atoms with Crippen LogP contribution in [0, 0.1) is 13.8 Å². The molecule has 0 radical (unpaired) electrons. The Kier molecular flexibility index (Phi) is 3.69. The van der Waals surface area contributed by atoms with E-state index in [2.05, 4.69) is 15.0 Å². The number of hydrogen-bond donors (Lipinski definition) is 0. The molecule has 0 amide bonds. The molecule has 2 rings (SSSR count). The second-order valence-electron chi connectivity index (χ2n) is 3.52. The molecule has 2 aromatic rings. The van der Waals surface area contributed by atoms with E-state index in [1.165, 1.54) is 11.8 Å². The Bertz CT molecular complexity index is 522. The van der Waals surface area contributed by atoms with Crippen molar-refractivity contribution in [3.63, 3.8) is 0 Å². The summed E-state index contributed by atoms with van der Waals surface area (Å²) in [6, 6.07) is 1.71. The SMILES string of the molecule is CCc1nc(Cl)cc(Sc2nc(C)c(C)o2)n1. The zero-order valence-corrected chi connectivity index (χ0v) is 11.4. The highest BCUT2D eigenvalue weighted by molar-refractivity contribution is 7.99. The third-order valence-corrected chi connectivity index (χ3v) is 3.20. The molecule has 0 unspecified atom stereocenters. The third-order valence-electron chi connectivity index (χ3n) is 2.23. The minimum Gasteiger partial charge on any atom is -0.436 e. The lowest BCUT2D eigenvalue weighted by atomic mass is 10.4. The first-order valence-corrected chi connectivity index (χ1v) is 6.43. The van der Waals surface area contributed by atoms with Gasteiger partial charge >= 0.3 is 0 Å². The van der Waals surface area contributed by atoms with Gasteiger partial charge in [-0.05, 0) is 25.6 Å². The van der Waals surface area contributed by atoms with Crippen LogP contribution in [0.5, 0.6) is 0 Å². The quantitative estimate of drug-likeness (QED) is 0.799. The molecular formula is C11H12ClN3OS. The standard InChI is InChI=1S/C11H12ClN3OS/c1-4-9-14-8(12)5-10(15-9)17-11-13-6(2)7(3)16-11/h5H,4H2,1-3H3. The zero-order chi connectivity index (χ0) is 12.4. The van der Waals surface area contributed by atoms with Gasteiger partial charge in [-0.3, -0.25) is 0 Å². The Hall–Kier alpha value is -1.07. The minimum absolute atomic E-state index is 0.444. The summed E-state index contributed by atoms with van der Waals surface area (Å²) in [6.07, 6.45) is 0.748. The first-order chi connectivity index (χ1) is 8.08. The number of halogens is 1. The molecule has 17 heavy (non-hydrogen) atoms. The summed E-state index contributed by atoms with van der Waals surface area (Å²) in [7, 11) is 0. The highest BCUT2D eigenvalue weighted by atomic mass is 35.5. The van der Waals surface area contributed by atoms with Crippen LogP contribution in [0.25, 0.3) is 0 Å². The monoisotopic (exact) mass is 269 g/mol. The van der Waals surface area contributed by atoms with Gasteiger partial charge in [0.25, 0.3) is 5.22 Å². The zero-order valence-electron chi connectivity index (χ0n) is 9.82. The summed E-state index contributed by atoms with van der Waals surface area (Å²) >= 11 is 7.27. The van der Waals surface area contributed by atoms with Crippen LogP contribution in [0.15, 0.2) is 20.7 Å². The first-order valence-electron chi connectivity index (χ1n) is 5.24. The second kappa shape index (κ2) is 5.06. The van der Waals surface area contributed by atoms with Crippen LogP contribution in [0.2, 0.25) is 5.15 Å². The number of rotatable bonds is 3. The van der Waals surface area contributed by atoms with E-state index >= 15 is 0 Å². The Balaban J connectivity index is 2.26. The van der Waals surface area contributed by atoms with E-state index in [9.17, 15) is 0 Å². The normalized spacial score (nSPS) is 10.8. The van der Waals surface area contributed by atoms with Gasteiger partial charge in [0.2, 0.25) is 0 Å². The lowest BCUT2D eigenvalue weighted by molar-refractivity contribution is 0.431. The smallest absolute Gasteiger partial charge is 0.262 e.